The Morgan fingerprint density at radius 2 is 1.75 bits per heavy atom. The van der Waals surface area contributed by atoms with Crippen LogP contribution >= 0.6 is 0 Å². The number of amides is 1. The minimum absolute atomic E-state index is 0.0192. The summed E-state index contributed by atoms with van der Waals surface area (Å²) in [7, 11) is 0. The maximum absolute atomic E-state index is 12.3. The third-order valence-electron chi connectivity index (χ3n) is 5.43. The van der Waals surface area contributed by atoms with Gasteiger partial charge in [-0.05, 0) is 51.0 Å². The predicted molar refractivity (Wildman–Crippen MR) is 128 cm³/mol. The Bertz CT molecular complexity index is 846. The molecule has 1 amide bonds. The second-order valence-corrected chi connectivity index (χ2v) is 11.1. The van der Waals surface area contributed by atoms with Crippen LogP contribution < -0.4 is 9.46 Å². The Morgan fingerprint density at radius 1 is 1.12 bits per heavy atom. The molecule has 0 spiro atoms. The third-order valence-corrected chi connectivity index (χ3v) is 7.11. The monoisotopic (exact) mass is 458 g/mol. The van der Waals surface area contributed by atoms with Crippen LogP contribution in [0.1, 0.15) is 57.7 Å². The fourth-order valence-corrected chi connectivity index (χ4v) is 4.21. The molecule has 0 saturated carbocycles. The first kappa shape index (κ1) is 24.4. The number of rotatable bonds is 7. The largest absolute Gasteiger partial charge is 0.598 e. The number of likely N-dealkylation sites (tertiary alicyclic amines) is 1. The zero-order valence-corrected chi connectivity index (χ0v) is 20.2. The summed E-state index contributed by atoms with van der Waals surface area (Å²) in [5.74, 6) is 0.808. The van der Waals surface area contributed by atoms with E-state index in [1.165, 1.54) is 0 Å². The van der Waals surface area contributed by atoms with Gasteiger partial charge in [-0.3, -0.25) is 0 Å². The SMILES string of the molecule is CC(N[S+]([O-])C(C)(C)C)c1ccc(OC2CCN(C(=O)OCc3ccccc3)CC2)cc1. The van der Waals surface area contributed by atoms with Crippen molar-refractivity contribution in [1.29, 1.82) is 0 Å². The fraction of sp³-hybridized carbons (Fsp3) is 0.480. The van der Waals surface area contributed by atoms with Gasteiger partial charge in [0.1, 0.15) is 23.2 Å². The molecule has 174 valence electrons. The van der Waals surface area contributed by atoms with E-state index in [0.29, 0.717) is 19.7 Å². The van der Waals surface area contributed by atoms with Crippen molar-refractivity contribution in [2.24, 2.45) is 0 Å². The lowest BCUT2D eigenvalue weighted by molar-refractivity contribution is 0.0638. The van der Waals surface area contributed by atoms with E-state index >= 15 is 0 Å². The molecule has 6 nitrogen and oxygen atoms in total. The topological polar surface area (TPSA) is 73.9 Å². The van der Waals surface area contributed by atoms with Gasteiger partial charge in [-0.25, -0.2) is 4.79 Å². The Balaban J connectivity index is 1.42. The van der Waals surface area contributed by atoms with E-state index in [2.05, 4.69) is 4.72 Å². The Hall–Kier alpha value is -2.22. The van der Waals surface area contributed by atoms with Crippen molar-refractivity contribution in [3.8, 4) is 5.75 Å². The van der Waals surface area contributed by atoms with Gasteiger partial charge in [-0.15, -0.1) is 4.72 Å². The molecule has 7 heteroatoms. The van der Waals surface area contributed by atoms with Gasteiger partial charge in [0.2, 0.25) is 0 Å². The Labute approximate surface area is 194 Å². The molecule has 1 saturated heterocycles. The van der Waals surface area contributed by atoms with Crippen LogP contribution in [-0.4, -0.2) is 39.5 Å². The van der Waals surface area contributed by atoms with E-state index in [0.717, 1.165) is 29.7 Å². The van der Waals surface area contributed by atoms with Crippen LogP contribution in [0.3, 0.4) is 0 Å². The molecular weight excluding hydrogens is 424 g/mol. The van der Waals surface area contributed by atoms with Crippen molar-refractivity contribution in [2.45, 2.75) is 64.0 Å². The summed E-state index contributed by atoms with van der Waals surface area (Å²) < 4.78 is 26.7. The average Bonchev–Trinajstić information content (AvgIpc) is 2.78. The van der Waals surface area contributed by atoms with Gasteiger partial charge in [-0.2, -0.15) is 0 Å². The van der Waals surface area contributed by atoms with Gasteiger partial charge in [0.15, 0.2) is 0 Å². The van der Waals surface area contributed by atoms with E-state index in [-0.39, 0.29) is 23.0 Å². The van der Waals surface area contributed by atoms with Gasteiger partial charge in [-0.1, -0.05) is 42.5 Å². The van der Waals surface area contributed by atoms with Crippen LogP contribution in [0.5, 0.6) is 5.75 Å². The summed E-state index contributed by atoms with van der Waals surface area (Å²) in [6, 6.07) is 17.6. The first-order valence-corrected chi connectivity index (χ1v) is 12.3. The number of piperidine rings is 1. The van der Waals surface area contributed by atoms with Gasteiger partial charge in [0, 0.05) is 37.3 Å². The molecule has 0 aromatic heterocycles. The number of nitrogens with zero attached hydrogens (tertiary/aromatic N) is 1. The van der Waals surface area contributed by atoms with Crippen molar-refractivity contribution < 1.29 is 18.8 Å². The zero-order chi connectivity index (χ0) is 23.1. The van der Waals surface area contributed by atoms with Crippen LogP contribution in [0.4, 0.5) is 4.79 Å². The standard InChI is InChI=1S/C25H34N2O4S/c1-19(26-32(29)25(2,3)4)21-10-12-22(13-11-21)31-23-14-16-27(17-15-23)24(28)30-18-20-8-6-5-7-9-20/h5-13,19,23,26H,14-18H2,1-4H3. The number of carbonyl (C=O) groups is 1. The third kappa shape index (κ3) is 7.15. The van der Waals surface area contributed by atoms with Gasteiger partial charge in [0.05, 0.1) is 6.04 Å². The minimum Gasteiger partial charge on any atom is -0.598 e. The predicted octanol–water partition coefficient (Wildman–Crippen LogP) is 4.98. The smallest absolute Gasteiger partial charge is 0.410 e. The Morgan fingerprint density at radius 3 is 2.34 bits per heavy atom. The quantitative estimate of drug-likeness (QED) is 0.593. The van der Waals surface area contributed by atoms with E-state index in [1.807, 2.05) is 82.3 Å². The molecule has 1 N–H and O–H groups in total. The molecule has 1 aliphatic heterocycles. The highest BCUT2D eigenvalue weighted by atomic mass is 32.2. The second kappa shape index (κ2) is 11.1. The summed E-state index contributed by atoms with van der Waals surface area (Å²) in [6.45, 7) is 9.40. The van der Waals surface area contributed by atoms with Crippen molar-refractivity contribution in [2.75, 3.05) is 13.1 Å². The van der Waals surface area contributed by atoms with Crippen LogP contribution in [0.25, 0.3) is 0 Å². The summed E-state index contributed by atoms with van der Waals surface area (Å²) in [5.41, 5.74) is 2.04. The molecule has 2 atom stereocenters. The zero-order valence-electron chi connectivity index (χ0n) is 19.4. The highest BCUT2D eigenvalue weighted by Gasteiger charge is 2.28. The highest BCUT2D eigenvalue weighted by Crippen LogP contribution is 2.24. The lowest BCUT2D eigenvalue weighted by atomic mass is 10.1. The first-order valence-electron chi connectivity index (χ1n) is 11.1. The van der Waals surface area contributed by atoms with Crippen LogP contribution in [0, 0.1) is 0 Å². The lowest BCUT2D eigenvalue weighted by Gasteiger charge is -2.31. The van der Waals surface area contributed by atoms with Gasteiger partial charge in [0.25, 0.3) is 0 Å². The van der Waals surface area contributed by atoms with Crippen molar-refractivity contribution in [1.82, 2.24) is 9.62 Å². The van der Waals surface area contributed by atoms with Crippen LogP contribution in [-0.2, 0) is 22.7 Å². The number of nitrogens with one attached hydrogen (secondary N) is 1. The van der Waals surface area contributed by atoms with Crippen molar-refractivity contribution >= 4 is 17.5 Å². The number of ether oxygens (including phenoxy) is 2. The van der Waals surface area contributed by atoms with E-state index in [1.54, 1.807) is 4.90 Å². The molecule has 1 fully saturated rings. The fourth-order valence-electron chi connectivity index (χ4n) is 3.40. The number of hydrogen-bond donors (Lipinski definition) is 1. The molecule has 1 aliphatic rings. The summed E-state index contributed by atoms with van der Waals surface area (Å²) in [6.07, 6.45) is 1.34. The maximum atomic E-state index is 12.3. The Kier molecular flexibility index (Phi) is 8.45. The second-order valence-electron chi connectivity index (χ2n) is 9.13. The van der Waals surface area contributed by atoms with Gasteiger partial charge >= 0.3 is 6.09 Å². The van der Waals surface area contributed by atoms with E-state index < -0.39 is 11.4 Å². The van der Waals surface area contributed by atoms with Crippen LogP contribution in [0.2, 0.25) is 0 Å². The van der Waals surface area contributed by atoms with Crippen molar-refractivity contribution in [3.63, 3.8) is 0 Å². The van der Waals surface area contributed by atoms with Gasteiger partial charge < -0.3 is 18.9 Å². The average molecular weight is 459 g/mol. The first-order chi connectivity index (χ1) is 15.2. The molecule has 0 aliphatic carbocycles. The highest BCUT2D eigenvalue weighted by molar-refractivity contribution is 7.90. The number of carbonyl (C=O) groups excluding carboxylic acids is 1. The molecule has 2 aromatic rings. The number of hydrogen-bond acceptors (Lipinski definition) is 5. The summed E-state index contributed by atoms with van der Waals surface area (Å²) >= 11 is -1.12. The molecule has 0 radical (unpaired) electrons. The summed E-state index contributed by atoms with van der Waals surface area (Å²) in [5, 5.41) is 0. The molecule has 3 rings (SSSR count). The molecular formula is C25H34N2O4S. The lowest BCUT2D eigenvalue weighted by Crippen LogP contribution is -2.42. The molecule has 32 heavy (non-hydrogen) atoms. The van der Waals surface area contributed by atoms with E-state index in [9.17, 15) is 9.35 Å². The van der Waals surface area contributed by atoms with E-state index in [4.69, 9.17) is 9.47 Å². The van der Waals surface area contributed by atoms with Crippen molar-refractivity contribution in [3.05, 3.63) is 65.7 Å². The normalized spacial score (nSPS) is 17.0. The maximum Gasteiger partial charge on any atom is 0.410 e. The number of benzene rings is 2. The molecule has 1 heterocycles. The molecule has 2 aromatic carbocycles. The molecule has 2 unspecified atom stereocenters. The van der Waals surface area contributed by atoms with Crippen LogP contribution in [0.15, 0.2) is 54.6 Å². The summed E-state index contributed by atoms with van der Waals surface area (Å²) in [4.78, 5) is 14.1. The molecule has 0 bridgehead atoms. The minimum atomic E-state index is -1.12.